The molecule has 0 radical (unpaired) electrons. The van der Waals surface area contributed by atoms with E-state index in [4.69, 9.17) is 4.74 Å². The van der Waals surface area contributed by atoms with Crippen molar-refractivity contribution in [2.45, 2.75) is 52.6 Å². The molecular formula is C15H25N3O2. The number of H-pyrrole nitrogens is 1. The maximum Gasteiger partial charge on any atom is 0.410 e. The Labute approximate surface area is 120 Å². The number of hydrogen-bond donors (Lipinski definition) is 1. The van der Waals surface area contributed by atoms with Crippen LogP contribution < -0.4 is 0 Å². The van der Waals surface area contributed by atoms with Crippen molar-refractivity contribution in [2.75, 3.05) is 13.1 Å². The maximum atomic E-state index is 12.0. The average Bonchev–Trinajstić information content (AvgIpc) is 2.74. The SMILES string of the molecule is Cc1n[nH]cc1CC1CCN(C(=O)OC(C)(C)C)CC1. The van der Waals surface area contributed by atoms with Crippen molar-refractivity contribution in [3.05, 3.63) is 17.5 Å². The van der Waals surface area contributed by atoms with E-state index in [1.54, 1.807) is 0 Å². The Morgan fingerprint density at radius 3 is 2.60 bits per heavy atom. The zero-order valence-corrected chi connectivity index (χ0v) is 12.9. The molecule has 1 N–H and O–H groups in total. The molecule has 1 aromatic rings. The van der Waals surface area contributed by atoms with Crippen LogP contribution in [0.4, 0.5) is 4.79 Å². The van der Waals surface area contributed by atoms with Gasteiger partial charge in [0.15, 0.2) is 0 Å². The van der Waals surface area contributed by atoms with Crippen LogP contribution >= 0.6 is 0 Å². The lowest BCUT2D eigenvalue weighted by Crippen LogP contribution is -2.42. The van der Waals surface area contributed by atoms with Crippen LogP contribution in [0.2, 0.25) is 0 Å². The zero-order chi connectivity index (χ0) is 14.8. The number of likely N-dealkylation sites (tertiary alicyclic amines) is 1. The van der Waals surface area contributed by atoms with Gasteiger partial charge in [-0.2, -0.15) is 5.10 Å². The lowest BCUT2D eigenvalue weighted by Gasteiger charge is -2.33. The first-order chi connectivity index (χ1) is 9.35. The molecule has 0 aromatic carbocycles. The van der Waals surface area contributed by atoms with E-state index in [1.807, 2.05) is 38.8 Å². The smallest absolute Gasteiger partial charge is 0.410 e. The van der Waals surface area contributed by atoms with E-state index in [0.29, 0.717) is 5.92 Å². The van der Waals surface area contributed by atoms with Crippen molar-refractivity contribution in [3.8, 4) is 0 Å². The van der Waals surface area contributed by atoms with Gasteiger partial charge in [0, 0.05) is 19.3 Å². The number of ether oxygens (including phenoxy) is 1. The van der Waals surface area contributed by atoms with Gasteiger partial charge < -0.3 is 9.64 Å². The highest BCUT2D eigenvalue weighted by molar-refractivity contribution is 5.68. The summed E-state index contributed by atoms with van der Waals surface area (Å²) in [6, 6.07) is 0. The predicted octanol–water partition coefficient (Wildman–Crippen LogP) is 2.91. The van der Waals surface area contributed by atoms with Gasteiger partial charge in [-0.05, 0) is 58.4 Å². The first-order valence-electron chi connectivity index (χ1n) is 7.32. The lowest BCUT2D eigenvalue weighted by molar-refractivity contribution is 0.0184. The minimum absolute atomic E-state index is 0.185. The molecule has 0 unspecified atom stereocenters. The third-order valence-electron chi connectivity index (χ3n) is 3.71. The van der Waals surface area contributed by atoms with Crippen molar-refractivity contribution in [1.82, 2.24) is 15.1 Å². The Morgan fingerprint density at radius 2 is 2.10 bits per heavy atom. The third-order valence-corrected chi connectivity index (χ3v) is 3.71. The zero-order valence-electron chi connectivity index (χ0n) is 12.9. The minimum Gasteiger partial charge on any atom is -0.444 e. The number of hydrogen-bond acceptors (Lipinski definition) is 3. The molecule has 5 heteroatoms. The van der Waals surface area contributed by atoms with E-state index in [0.717, 1.165) is 38.0 Å². The Hall–Kier alpha value is -1.52. The van der Waals surface area contributed by atoms with Crippen molar-refractivity contribution >= 4 is 6.09 Å². The number of aryl methyl sites for hydroxylation is 1. The van der Waals surface area contributed by atoms with Crippen molar-refractivity contribution in [3.63, 3.8) is 0 Å². The van der Waals surface area contributed by atoms with Gasteiger partial charge in [-0.1, -0.05) is 0 Å². The summed E-state index contributed by atoms with van der Waals surface area (Å²) < 4.78 is 5.41. The highest BCUT2D eigenvalue weighted by Crippen LogP contribution is 2.23. The standard InChI is InChI=1S/C15H25N3O2/c1-11-13(10-16-17-11)9-12-5-7-18(8-6-12)14(19)20-15(2,3)4/h10,12H,5-9H2,1-4H3,(H,16,17). The number of amides is 1. The normalized spacial score (nSPS) is 17.3. The highest BCUT2D eigenvalue weighted by Gasteiger charge is 2.27. The molecule has 112 valence electrons. The van der Waals surface area contributed by atoms with Crippen LogP contribution in [-0.2, 0) is 11.2 Å². The minimum atomic E-state index is -0.415. The van der Waals surface area contributed by atoms with Gasteiger partial charge in [0.1, 0.15) is 5.60 Å². The van der Waals surface area contributed by atoms with Gasteiger partial charge in [-0.15, -0.1) is 0 Å². The molecule has 0 atom stereocenters. The van der Waals surface area contributed by atoms with Crippen LogP contribution in [0.5, 0.6) is 0 Å². The lowest BCUT2D eigenvalue weighted by atomic mass is 9.90. The second kappa shape index (κ2) is 5.85. The van der Waals surface area contributed by atoms with E-state index in [-0.39, 0.29) is 6.09 Å². The third kappa shape index (κ3) is 3.99. The molecule has 1 fully saturated rings. The van der Waals surface area contributed by atoms with Crippen LogP contribution in [-0.4, -0.2) is 39.9 Å². The van der Waals surface area contributed by atoms with Crippen LogP contribution in [0.25, 0.3) is 0 Å². The number of nitrogens with zero attached hydrogens (tertiary/aromatic N) is 2. The number of carbonyl (C=O) groups excluding carboxylic acids is 1. The van der Waals surface area contributed by atoms with Crippen LogP contribution in [0.1, 0.15) is 44.9 Å². The largest absolute Gasteiger partial charge is 0.444 e. The summed E-state index contributed by atoms with van der Waals surface area (Å²) in [7, 11) is 0. The second-order valence-electron chi connectivity index (χ2n) is 6.61. The molecule has 1 saturated heterocycles. The van der Waals surface area contributed by atoms with Crippen molar-refractivity contribution in [1.29, 1.82) is 0 Å². The molecule has 5 nitrogen and oxygen atoms in total. The van der Waals surface area contributed by atoms with E-state index >= 15 is 0 Å². The fourth-order valence-electron chi connectivity index (χ4n) is 2.55. The second-order valence-corrected chi connectivity index (χ2v) is 6.61. The quantitative estimate of drug-likeness (QED) is 0.905. The Bertz CT molecular complexity index is 454. The van der Waals surface area contributed by atoms with Crippen LogP contribution in [0, 0.1) is 12.8 Å². The molecule has 0 bridgehead atoms. The average molecular weight is 279 g/mol. The van der Waals surface area contributed by atoms with E-state index in [2.05, 4.69) is 10.2 Å². The number of carbonyl (C=O) groups is 1. The molecule has 1 aliphatic heterocycles. The maximum absolute atomic E-state index is 12.0. The van der Waals surface area contributed by atoms with Gasteiger partial charge >= 0.3 is 6.09 Å². The highest BCUT2D eigenvalue weighted by atomic mass is 16.6. The molecule has 20 heavy (non-hydrogen) atoms. The van der Waals surface area contributed by atoms with E-state index in [1.165, 1.54) is 5.56 Å². The summed E-state index contributed by atoms with van der Waals surface area (Å²) in [6.45, 7) is 9.31. The van der Waals surface area contributed by atoms with Crippen LogP contribution in [0.15, 0.2) is 6.20 Å². The van der Waals surface area contributed by atoms with E-state index in [9.17, 15) is 4.79 Å². The summed E-state index contributed by atoms with van der Waals surface area (Å²) >= 11 is 0. The first kappa shape index (κ1) is 14.9. The predicted molar refractivity (Wildman–Crippen MR) is 77.6 cm³/mol. The molecule has 2 heterocycles. The first-order valence-corrected chi connectivity index (χ1v) is 7.32. The summed E-state index contributed by atoms with van der Waals surface area (Å²) in [5.74, 6) is 0.630. The monoisotopic (exact) mass is 279 g/mol. The summed E-state index contributed by atoms with van der Waals surface area (Å²) in [5, 5.41) is 7.06. The summed E-state index contributed by atoms with van der Waals surface area (Å²) in [6.07, 6.45) is 4.91. The van der Waals surface area contributed by atoms with Gasteiger partial charge in [0.25, 0.3) is 0 Å². The van der Waals surface area contributed by atoms with Gasteiger partial charge in [-0.3, -0.25) is 5.10 Å². The number of aromatic nitrogens is 2. The number of aromatic amines is 1. The molecule has 1 aromatic heterocycles. The molecule has 1 amide bonds. The fourth-order valence-corrected chi connectivity index (χ4v) is 2.55. The fraction of sp³-hybridized carbons (Fsp3) is 0.733. The van der Waals surface area contributed by atoms with Crippen molar-refractivity contribution < 1.29 is 9.53 Å². The number of rotatable bonds is 2. The van der Waals surface area contributed by atoms with Crippen LogP contribution in [0.3, 0.4) is 0 Å². The summed E-state index contributed by atoms with van der Waals surface area (Å²) in [5.41, 5.74) is 1.96. The molecular weight excluding hydrogens is 254 g/mol. The molecule has 0 saturated carbocycles. The Balaban J connectivity index is 1.81. The van der Waals surface area contributed by atoms with Crippen molar-refractivity contribution in [2.24, 2.45) is 5.92 Å². The van der Waals surface area contributed by atoms with Gasteiger partial charge in [-0.25, -0.2) is 4.79 Å². The topological polar surface area (TPSA) is 58.2 Å². The number of nitrogens with one attached hydrogen (secondary N) is 1. The summed E-state index contributed by atoms with van der Waals surface area (Å²) in [4.78, 5) is 13.8. The number of piperidine rings is 1. The Morgan fingerprint density at radius 1 is 1.45 bits per heavy atom. The van der Waals surface area contributed by atoms with E-state index < -0.39 is 5.60 Å². The molecule has 0 aliphatic carbocycles. The molecule has 2 rings (SSSR count). The molecule has 1 aliphatic rings. The van der Waals surface area contributed by atoms with Gasteiger partial charge in [0.2, 0.25) is 0 Å². The molecule has 0 spiro atoms. The Kier molecular flexibility index (Phi) is 4.35. The van der Waals surface area contributed by atoms with Gasteiger partial charge in [0.05, 0.1) is 5.69 Å².